The highest BCUT2D eigenvalue weighted by Gasteiger charge is 2.26. The first kappa shape index (κ1) is 22.7. The zero-order valence-electron chi connectivity index (χ0n) is 17.4. The molecule has 33 heavy (non-hydrogen) atoms. The van der Waals surface area contributed by atoms with Crippen LogP contribution in [-0.2, 0) is 9.53 Å². The predicted molar refractivity (Wildman–Crippen MR) is 129 cm³/mol. The molecule has 0 saturated carbocycles. The van der Waals surface area contributed by atoms with Gasteiger partial charge in [-0.05, 0) is 77.6 Å². The molecule has 0 fully saturated rings. The number of cyclic esters (lactones) is 1. The average Bonchev–Trinajstić information content (AvgIpc) is 3.17. The van der Waals surface area contributed by atoms with Gasteiger partial charge in [0.15, 0.2) is 17.2 Å². The Bertz CT molecular complexity index is 1290. The molecule has 3 aromatic rings. The van der Waals surface area contributed by atoms with Gasteiger partial charge in [0.05, 0.1) is 21.3 Å². The van der Waals surface area contributed by atoms with Crippen LogP contribution in [0, 0.1) is 9.39 Å². The molecule has 3 aromatic carbocycles. The second-order valence-corrected chi connectivity index (χ2v) is 8.00. The van der Waals surface area contributed by atoms with E-state index < -0.39 is 17.8 Å². The summed E-state index contributed by atoms with van der Waals surface area (Å²) in [6, 6.07) is 17.9. The third kappa shape index (κ3) is 5.11. The summed E-state index contributed by atoms with van der Waals surface area (Å²) in [5, 5.41) is 0. The molecule has 0 radical (unpaired) electrons. The molecule has 0 unspecified atom stereocenters. The van der Waals surface area contributed by atoms with Crippen molar-refractivity contribution >= 4 is 46.5 Å². The van der Waals surface area contributed by atoms with Crippen molar-refractivity contribution in [3.05, 3.63) is 98.5 Å². The number of ether oxygens (including phenoxy) is 3. The van der Waals surface area contributed by atoms with E-state index in [9.17, 15) is 14.0 Å². The standard InChI is InChI=1S/C25H17FINO5/c1-2-31-21-14-15(12-19(27)22(21)32-24(29)16-8-4-3-5-9-16)13-20-25(30)33-23(28-20)17-10-6-7-11-18(17)26/h3-14H,2H2,1H3/b20-13-. The van der Waals surface area contributed by atoms with Crippen molar-refractivity contribution < 1.29 is 28.2 Å². The molecule has 8 heteroatoms. The molecule has 0 aliphatic carbocycles. The molecule has 0 amide bonds. The third-order valence-corrected chi connectivity index (χ3v) is 5.37. The molecule has 0 saturated heterocycles. The molecule has 1 aliphatic heterocycles. The van der Waals surface area contributed by atoms with Gasteiger partial charge in [-0.25, -0.2) is 19.0 Å². The Morgan fingerprint density at radius 2 is 1.85 bits per heavy atom. The normalized spacial score (nSPS) is 14.1. The minimum atomic E-state index is -0.694. The Kier molecular flexibility index (Phi) is 6.83. The van der Waals surface area contributed by atoms with Gasteiger partial charge in [-0.15, -0.1) is 0 Å². The fourth-order valence-corrected chi connectivity index (χ4v) is 3.81. The number of nitrogens with zero attached hydrogens (tertiary/aromatic N) is 1. The molecule has 0 bridgehead atoms. The predicted octanol–water partition coefficient (Wildman–Crippen LogP) is 5.39. The molecule has 1 heterocycles. The Morgan fingerprint density at radius 3 is 2.58 bits per heavy atom. The van der Waals surface area contributed by atoms with E-state index >= 15 is 0 Å². The van der Waals surface area contributed by atoms with Gasteiger partial charge in [-0.1, -0.05) is 30.3 Å². The van der Waals surface area contributed by atoms with Crippen LogP contribution in [0.1, 0.15) is 28.4 Å². The number of carbonyl (C=O) groups excluding carboxylic acids is 2. The largest absolute Gasteiger partial charge is 0.490 e. The Hall–Kier alpha value is -3.53. The van der Waals surface area contributed by atoms with Crippen molar-refractivity contribution in [1.29, 1.82) is 0 Å². The Balaban J connectivity index is 1.66. The molecule has 0 atom stereocenters. The van der Waals surface area contributed by atoms with Crippen LogP contribution < -0.4 is 9.47 Å². The second-order valence-electron chi connectivity index (χ2n) is 6.83. The molecule has 4 rings (SSSR count). The number of aliphatic imine (C=N–C) groups is 1. The summed E-state index contributed by atoms with van der Waals surface area (Å²) < 4.78 is 31.1. The quantitative estimate of drug-likeness (QED) is 0.176. The van der Waals surface area contributed by atoms with Crippen LogP contribution in [0.4, 0.5) is 4.39 Å². The molecule has 0 aromatic heterocycles. The molecule has 1 aliphatic rings. The zero-order valence-corrected chi connectivity index (χ0v) is 19.5. The van der Waals surface area contributed by atoms with E-state index in [4.69, 9.17) is 14.2 Å². The van der Waals surface area contributed by atoms with Crippen LogP contribution in [0.25, 0.3) is 6.08 Å². The Morgan fingerprint density at radius 1 is 1.12 bits per heavy atom. The summed E-state index contributed by atoms with van der Waals surface area (Å²) >= 11 is 2.03. The summed E-state index contributed by atoms with van der Waals surface area (Å²) in [6.45, 7) is 2.14. The maximum absolute atomic E-state index is 14.0. The number of carbonyl (C=O) groups is 2. The minimum Gasteiger partial charge on any atom is -0.490 e. The number of hydrogen-bond donors (Lipinski definition) is 0. The molecule has 0 spiro atoms. The molecule has 0 N–H and O–H groups in total. The van der Waals surface area contributed by atoms with E-state index in [0.29, 0.717) is 27.1 Å². The highest BCUT2D eigenvalue weighted by Crippen LogP contribution is 2.36. The van der Waals surface area contributed by atoms with Gasteiger partial charge in [0.25, 0.3) is 0 Å². The lowest BCUT2D eigenvalue weighted by Crippen LogP contribution is -2.10. The van der Waals surface area contributed by atoms with Gasteiger partial charge < -0.3 is 14.2 Å². The summed E-state index contributed by atoms with van der Waals surface area (Å²) in [4.78, 5) is 29.0. The monoisotopic (exact) mass is 557 g/mol. The van der Waals surface area contributed by atoms with Crippen LogP contribution in [0.3, 0.4) is 0 Å². The zero-order chi connectivity index (χ0) is 23.4. The lowest BCUT2D eigenvalue weighted by atomic mass is 10.1. The van der Waals surface area contributed by atoms with Crippen molar-refractivity contribution in [1.82, 2.24) is 0 Å². The SMILES string of the molecule is CCOc1cc(/C=C2\N=C(c3ccccc3F)OC2=O)cc(I)c1OC(=O)c1ccccc1. The first-order chi connectivity index (χ1) is 16.0. The Labute approximate surface area is 202 Å². The van der Waals surface area contributed by atoms with Gasteiger partial charge in [0, 0.05) is 0 Å². The summed E-state index contributed by atoms with van der Waals surface area (Å²) in [6.07, 6.45) is 1.50. The van der Waals surface area contributed by atoms with Crippen molar-refractivity contribution in [2.24, 2.45) is 4.99 Å². The van der Waals surface area contributed by atoms with E-state index in [1.54, 1.807) is 49.4 Å². The van der Waals surface area contributed by atoms with Gasteiger partial charge >= 0.3 is 11.9 Å². The van der Waals surface area contributed by atoms with Gasteiger partial charge in [-0.3, -0.25) is 0 Å². The molecule has 166 valence electrons. The minimum absolute atomic E-state index is 0.0144. The first-order valence-corrected chi connectivity index (χ1v) is 11.0. The average molecular weight is 557 g/mol. The number of esters is 2. The number of rotatable bonds is 6. The maximum Gasteiger partial charge on any atom is 0.363 e. The smallest absolute Gasteiger partial charge is 0.363 e. The van der Waals surface area contributed by atoms with Crippen molar-refractivity contribution in [3.63, 3.8) is 0 Å². The van der Waals surface area contributed by atoms with Crippen LogP contribution in [0.5, 0.6) is 11.5 Å². The van der Waals surface area contributed by atoms with Crippen molar-refractivity contribution in [3.8, 4) is 11.5 Å². The van der Waals surface area contributed by atoms with Gasteiger partial charge in [0.1, 0.15) is 5.82 Å². The summed E-state index contributed by atoms with van der Waals surface area (Å²) in [7, 11) is 0. The van der Waals surface area contributed by atoms with Crippen molar-refractivity contribution in [2.75, 3.05) is 6.61 Å². The van der Waals surface area contributed by atoms with Gasteiger partial charge in [0.2, 0.25) is 5.90 Å². The highest BCUT2D eigenvalue weighted by atomic mass is 127. The van der Waals surface area contributed by atoms with E-state index in [0.717, 1.165) is 0 Å². The third-order valence-electron chi connectivity index (χ3n) is 4.56. The van der Waals surface area contributed by atoms with E-state index in [1.165, 1.54) is 24.3 Å². The van der Waals surface area contributed by atoms with Crippen LogP contribution in [0.2, 0.25) is 0 Å². The topological polar surface area (TPSA) is 74.2 Å². The van der Waals surface area contributed by atoms with Gasteiger partial charge in [-0.2, -0.15) is 0 Å². The summed E-state index contributed by atoms with van der Waals surface area (Å²) in [5.41, 5.74) is 1.10. The maximum atomic E-state index is 14.0. The number of halogens is 2. The summed E-state index contributed by atoms with van der Waals surface area (Å²) in [5.74, 6) is -1.23. The first-order valence-electron chi connectivity index (χ1n) is 9.97. The molecule has 6 nitrogen and oxygen atoms in total. The lowest BCUT2D eigenvalue weighted by molar-refractivity contribution is -0.129. The van der Waals surface area contributed by atoms with E-state index in [2.05, 4.69) is 4.99 Å². The van der Waals surface area contributed by atoms with Crippen LogP contribution in [0.15, 0.2) is 77.4 Å². The molecular formula is C25H17FINO5. The number of benzene rings is 3. The van der Waals surface area contributed by atoms with E-state index in [1.807, 2.05) is 28.7 Å². The number of hydrogen-bond acceptors (Lipinski definition) is 6. The van der Waals surface area contributed by atoms with Crippen LogP contribution in [-0.4, -0.2) is 24.4 Å². The van der Waals surface area contributed by atoms with Crippen LogP contribution >= 0.6 is 22.6 Å². The van der Waals surface area contributed by atoms with E-state index in [-0.39, 0.29) is 22.9 Å². The molecular weight excluding hydrogens is 540 g/mol. The highest BCUT2D eigenvalue weighted by molar-refractivity contribution is 14.1. The lowest BCUT2D eigenvalue weighted by Gasteiger charge is -2.13. The second kappa shape index (κ2) is 9.95. The fourth-order valence-electron chi connectivity index (χ4n) is 3.08. The fraction of sp³-hybridized carbons (Fsp3) is 0.0800. The van der Waals surface area contributed by atoms with Crippen molar-refractivity contribution in [2.45, 2.75) is 6.92 Å².